The molecule has 0 amide bonds. The van der Waals surface area contributed by atoms with Gasteiger partial charge in [-0.2, -0.15) is 0 Å². The van der Waals surface area contributed by atoms with E-state index in [2.05, 4.69) is 25.5 Å². The molecule has 1 saturated carbocycles. The van der Waals surface area contributed by atoms with Crippen LogP contribution in [0.1, 0.15) is 39.0 Å². The van der Waals surface area contributed by atoms with Crippen LogP contribution >= 0.6 is 0 Å². The largest absolute Gasteiger partial charge is 0.316 e. The summed E-state index contributed by atoms with van der Waals surface area (Å²) in [6.07, 6.45) is 13.9. The zero-order valence-electron chi connectivity index (χ0n) is 6.84. The summed E-state index contributed by atoms with van der Waals surface area (Å²) in [6, 6.07) is 0. The van der Waals surface area contributed by atoms with Crippen molar-refractivity contribution in [2.75, 3.05) is 0 Å². The van der Waals surface area contributed by atoms with Crippen LogP contribution in [0.4, 0.5) is 0 Å². The fraction of sp³-hybridized carbons (Fsp3) is 0.700. The minimum absolute atomic E-state index is 0. The molecule has 0 saturated heterocycles. The molecule has 1 aliphatic carbocycles. The summed E-state index contributed by atoms with van der Waals surface area (Å²) in [5, 5.41) is 0. The third kappa shape index (κ3) is 4.86. The van der Waals surface area contributed by atoms with Crippen LogP contribution in [0.15, 0.2) is 12.2 Å². The lowest BCUT2D eigenvalue weighted by molar-refractivity contribution is 0.405. The SMILES string of the molecule is C/C=C/[CH]C1CCCCC1.[MgH2]. The second-order valence-electron chi connectivity index (χ2n) is 3.12. The molecule has 0 aromatic rings. The van der Waals surface area contributed by atoms with Gasteiger partial charge in [-0.1, -0.05) is 31.4 Å². The Bertz CT molecular complexity index is 101. The Kier molecular flexibility index (Phi) is 7.50. The third-order valence-corrected chi connectivity index (χ3v) is 2.23. The van der Waals surface area contributed by atoms with E-state index in [1.807, 2.05) is 0 Å². The summed E-state index contributed by atoms with van der Waals surface area (Å²) in [4.78, 5) is 0. The highest BCUT2D eigenvalue weighted by Crippen LogP contribution is 2.25. The highest BCUT2D eigenvalue weighted by molar-refractivity contribution is 5.75. The topological polar surface area (TPSA) is 0 Å². The van der Waals surface area contributed by atoms with Gasteiger partial charge in [0.15, 0.2) is 0 Å². The molecule has 0 aromatic heterocycles. The summed E-state index contributed by atoms with van der Waals surface area (Å²) >= 11 is 0. The minimum Gasteiger partial charge on any atom is -0.0914 e. The Morgan fingerprint density at radius 1 is 1.09 bits per heavy atom. The standard InChI is InChI=1S/C10H17.Mg.2H/c1-2-3-7-10-8-5-4-6-9-10;;;/h2-3,7,10H,4-6,8-9H2,1H3;;;/b3-2+;;;. The molecule has 1 rings (SSSR count). The van der Waals surface area contributed by atoms with Gasteiger partial charge in [0.05, 0.1) is 0 Å². The average Bonchev–Trinajstić information content (AvgIpc) is 2.03. The van der Waals surface area contributed by atoms with Gasteiger partial charge in [-0.05, 0) is 32.1 Å². The maximum Gasteiger partial charge on any atom is 0.316 e. The molecule has 61 valence electrons. The predicted octanol–water partition coefficient (Wildman–Crippen LogP) is 2.43. The van der Waals surface area contributed by atoms with Gasteiger partial charge in [0, 0.05) is 0 Å². The third-order valence-electron chi connectivity index (χ3n) is 2.23. The molecule has 1 radical (unpaired) electrons. The van der Waals surface area contributed by atoms with Crippen LogP contribution in [0.3, 0.4) is 0 Å². The van der Waals surface area contributed by atoms with E-state index in [0.29, 0.717) is 0 Å². The molecule has 1 heteroatoms. The van der Waals surface area contributed by atoms with E-state index in [4.69, 9.17) is 0 Å². The average molecular weight is 164 g/mol. The van der Waals surface area contributed by atoms with Crippen LogP contribution in [0.5, 0.6) is 0 Å². The Morgan fingerprint density at radius 3 is 2.27 bits per heavy atom. The van der Waals surface area contributed by atoms with Gasteiger partial charge < -0.3 is 0 Å². The lowest BCUT2D eigenvalue weighted by Gasteiger charge is -2.19. The fourth-order valence-electron chi connectivity index (χ4n) is 1.59. The number of hydrogen-bond acceptors (Lipinski definition) is 0. The maximum absolute atomic E-state index is 2.36. The Morgan fingerprint density at radius 2 is 1.73 bits per heavy atom. The Balaban J connectivity index is 0.000001000. The van der Waals surface area contributed by atoms with E-state index in [9.17, 15) is 0 Å². The second-order valence-corrected chi connectivity index (χ2v) is 3.12. The van der Waals surface area contributed by atoms with Crippen molar-refractivity contribution in [1.82, 2.24) is 0 Å². The molecule has 1 aliphatic rings. The first-order valence-electron chi connectivity index (χ1n) is 4.39. The highest BCUT2D eigenvalue weighted by atomic mass is 24.3. The molecular weight excluding hydrogens is 144 g/mol. The molecule has 0 aliphatic heterocycles. The molecule has 0 spiro atoms. The summed E-state index contributed by atoms with van der Waals surface area (Å²) in [5.41, 5.74) is 0. The highest BCUT2D eigenvalue weighted by Gasteiger charge is 2.10. The number of rotatable bonds is 2. The van der Waals surface area contributed by atoms with Crippen LogP contribution in [0.2, 0.25) is 0 Å². The lowest BCUT2D eigenvalue weighted by atomic mass is 9.87. The molecule has 0 N–H and O–H groups in total. The zero-order valence-corrected chi connectivity index (χ0v) is 6.84. The van der Waals surface area contributed by atoms with Crippen molar-refractivity contribution in [3.8, 4) is 0 Å². The Hall–Kier alpha value is 0.506. The maximum atomic E-state index is 2.36. The summed E-state index contributed by atoms with van der Waals surface area (Å²) in [5.74, 6) is 0.893. The van der Waals surface area contributed by atoms with Gasteiger partial charge in [0.2, 0.25) is 0 Å². The van der Waals surface area contributed by atoms with E-state index < -0.39 is 0 Å². The summed E-state index contributed by atoms with van der Waals surface area (Å²) < 4.78 is 0. The van der Waals surface area contributed by atoms with Crippen LogP contribution in [0.25, 0.3) is 0 Å². The fourth-order valence-corrected chi connectivity index (χ4v) is 1.59. The first kappa shape index (κ1) is 11.5. The van der Waals surface area contributed by atoms with Gasteiger partial charge in [0.25, 0.3) is 0 Å². The van der Waals surface area contributed by atoms with E-state index in [-0.39, 0.29) is 23.1 Å². The molecule has 0 unspecified atom stereocenters. The predicted molar refractivity (Wildman–Crippen MR) is 54.2 cm³/mol. The first-order valence-corrected chi connectivity index (χ1v) is 4.39. The van der Waals surface area contributed by atoms with Crippen LogP contribution in [0, 0.1) is 12.3 Å². The zero-order chi connectivity index (χ0) is 7.23. The van der Waals surface area contributed by atoms with E-state index in [1.54, 1.807) is 0 Å². The van der Waals surface area contributed by atoms with E-state index in [0.717, 1.165) is 5.92 Å². The van der Waals surface area contributed by atoms with Gasteiger partial charge in [-0.15, -0.1) is 0 Å². The monoisotopic (exact) mass is 163 g/mol. The molecule has 0 nitrogen and oxygen atoms in total. The van der Waals surface area contributed by atoms with Crippen molar-refractivity contribution in [2.24, 2.45) is 5.92 Å². The van der Waals surface area contributed by atoms with Crippen molar-refractivity contribution >= 4 is 23.1 Å². The van der Waals surface area contributed by atoms with Gasteiger partial charge in [0.1, 0.15) is 0 Å². The molecule has 0 atom stereocenters. The van der Waals surface area contributed by atoms with Crippen molar-refractivity contribution in [3.63, 3.8) is 0 Å². The second kappa shape index (κ2) is 7.17. The molecule has 0 aromatic carbocycles. The van der Waals surface area contributed by atoms with Gasteiger partial charge in [-0.3, -0.25) is 0 Å². The molecule has 0 bridgehead atoms. The number of hydrogen-bond donors (Lipinski definition) is 0. The van der Waals surface area contributed by atoms with E-state index in [1.165, 1.54) is 32.1 Å². The van der Waals surface area contributed by atoms with Crippen molar-refractivity contribution in [3.05, 3.63) is 18.6 Å². The van der Waals surface area contributed by atoms with Crippen LogP contribution in [-0.2, 0) is 0 Å². The molecular formula is C10H19Mg. The molecule has 1 fully saturated rings. The number of allylic oxidation sites excluding steroid dienone is 2. The van der Waals surface area contributed by atoms with E-state index >= 15 is 0 Å². The van der Waals surface area contributed by atoms with Crippen molar-refractivity contribution in [1.29, 1.82) is 0 Å². The normalized spacial score (nSPS) is 20.1. The minimum atomic E-state index is 0. The first-order chi connectivity index (χ1) is 4.93. The van der Waals surface area contributed by atoms with Crippen LogP contribution < -0.4 is 0 Å². The smallest absolute Gasteiger partial charge is 0.0914 e. The van der Waals surface area contributed by atoms with Crippen LogP contribution in [-0.4, -0.2) is 23.1 Å². The van der Waals surface area contributed by atoms with Crippen molar-refractivity contribution < 1.29 is 0 Å². The summed E-state index contributed by atoms with van der Waals surface area (Å²) in [6.45, 7) is 2.08. The molecule has 0 heterocycles. The summed E-state index contributed by atoms with van der Waals surface area (Å²) in [7, 11) is 0. The van der Waals surface area contributed by atoms with Gasteiger partial charge >= 0.3 is 23.1 Å². The molecule has 11 heavy (non-hydrogen) atoms. The quantitative estimate of drug-likeness (QED) is 0.549. The van der Waals surface area contributed by atoms with Gasteiger partial charge in [-0.25, -0.2) is 0 Å². The van der Waals surface area contributed by atoms with Crippen molar-refractivity contribution in [2.45, 2.75) is 39.0 Å². The Labute approximate surface area is 86.6 Å². The lowest BCUT2D eigenvalue weighted by Crippen LogP contribution is -2.04.